The van der Waals surface area contributed by atoms with E-state index in [1.54, 1.807) is 6.20 Å². The van der Waals surface area contributed by atoms with Crippen LogP contribution in [0.15, 0.2) is 18.5 Å². The molecule has 0 aliphatic rings. The smallest absolute Gasteiger partial charge is 0.0870 e. The first-order chi connectivity index (χ1) is 6.72. The zero-order chi connectivity index (χ0) is 10.4. The van der Waals surface area contributed by atoms with Gasteiger partial charge in [-0.2, -0.15) is 5.10 Å². The lowest BCUT2D eigenvalue weighted by Crippen LogP contribution is -2.34. The fourth-order valence-electron chi connectivity index (χ4n) is 1.25. The van der Waals surface area contributed by atoms with Gasteiger partial charge in [-0.1, -0.05) is 19.1 Å². The van der Waals surface area contributed by atoms with Crippen LogP contribution in [-0.2, 0) is 6.54 Å². The van der Waals surface area contributed by atoms with Crippen molar-refractivity contribution in [2.24, 2.45) is 5.73 Å². The van der Waals surface area contributed by atoms with Gasteiger partial charge in [0.25, 0.3) is 0 Å². The van der Waals surface area contributed by atoms with E-state index in [4.69, 9.17) is 18.0 Å². The summed E-state index contributed by atoms with van der Waals surface area (Å²) >= 11 is 4.87. The summed E-state index contributed by atoms with van der Waals surface area (Å²) in [7, 11) is 0. The maximum absolute atomic E-state index is 5.49. The van der Waals surface area contributed by atoms with Gasteiger partial charge in [0.2, 0.25) is 0 Å². The third-order valence-corrected chi connectivity index (χ3v) is 2.16. The number of nitrogens with two attached hydrogens (primary N) is 1. The molecule has 0 bridgehead atoms. The van der Waals surface area contributed by atoms with Crippen LogP contribution in [0.25, 0.3) is 0 Å². The number of thiocarbonyl (C=S) groups is 1. The van der Waals surface area contributed by atoms with Crippen LogP contribution in [0.4, 0.5) is 0 Å². The van der Waals surface area contributed by atoms with Crippen LogP contribution in [0, 0.1) is 0 Å². The maximum Gasteiger partial charge on any atom is 0.0870 e. The van der Waals surface area contributed by atoms with E-state index in [0.29, 0.717) is 11.5 Å². The maximum atomic E-state index is 5.49. The van der Waals surface area contributed by atoms with E-state index < -0.39 is 0 Å². The minimum atomic E-state index is 0.548. The van der Waals surface area contributed by atoms with Crippen LogP contribution in [0.3, 0.4) is 0 Å². The third-order valence-electron chi connectivity index (χ3n) is 2.03. The highest BCUT2D eigenvalue weighted by atomic mass is 32.1. The molecule has 0 fully saturated rings. The molecule has 0 aliphatic carbocycles. The lowest BCUT2D eigenvalue weighted by atomic mass is 10.4. The predicted molar refractivity (Wildman–Crippen MR) is 61.1 cm³/mol. The first kappa shape index (κ1) is 11.1. The van der Waals surface area contributed by atoms with Crippen molar-refractivity contribution in [2.45, 2.75) is 13.5 Å². The van der Waals surface area contributed by atoms with Crippen LogP contribution < -0.4 is 5.73 Å². The molecule has 4 nitrogen and oxygen atoms in total. The molecular weight excluding hydrogens is 196 g/mol. The highest BCUT2D eigenvalue weighted by Crippen LogP contribution is 1.91. The second kappa shape index (κ2) is 5.72. The van der Waals surface area contributed by atoms with Gasteiger partial charge < -0.3 is 5.73 Å². The molecule has 1 aromatic rings. The van der Waals surface area contributed by atoms with Crippen molar-refractivity contribution in [3.05, 3.63) is 18.5 Å². The molecule has 0 atom stereocenters. The molecule has 0 saturated carbocycles. The van der Waals surface area contributed by atoms with Crippen LogP contribution in [-0.4, -0.2) is 39.3 Å². The quantitative estimate of drug-likeness (QED) is 0.697. The van der Waals surface area contributed by atoms with Crippen molar-refractivity contribution in [2.75, 3.05) is 19.6 Å². The molecule has 0 radical (unpaired) electrons. The Morgan fingerprint density at radius 1 is 1.64 bits per heavy atom. The van der Waals surface area contributed by atoms with Crippen LogP contribution in [0.1, 0.15) is 6.92 Å². The zero-order valence-electron chi connectivity index (χ0n) is 8.39. The second-order valence-electron chi connectivity index (χ2n) is 3.10. The summed E-state index contributed by atoms with van der Waals surface area (Å²) in [6, 6.07) is 1.92. The van der Waals surface area contributed by atoms with Gasteiger partial charge in [-0.15, -0.1) is 0 Å². The van der Waals surface area contributed by atoms with Crippen molar-refractivity contribution in [1.29, 1.82) is 0 Å². The first-order valence-electron chi connectivity index (χ1n) is 4.70. The molecule has 0 spiro atoms. The number of aromatic nitrogens is 2. The summed E-state index contributed by atoms with van der Waals surface area (Å²) in [6.07, 6.45) is 3.73. The lowest BCUT2D eigenvalue weighted by molar-refractivity contribution is 0.307. The van der Waals surface area contributed by atoms with Crippen LogP contribution in [0.2, 0.25) is 0 Å². The molecule has 0 amide bonds. The number of hydrogen-bond donors (Lipinski definition) is 1. The molecule has 1 aromatic heterocycles. The number of likely N-dealkylation sites (N-methyl/N-ethyl adjacent to an activating group) is 1. The molecule has 1 rings (SSSR count). The van der Waals surface area contributed by atoms with E-state index >= 15 is 0 Å². The van der Waals surface area contributed by atoms with E-state index in [1.807, 2.05) is 16.9 Å². The van der Waals surface area contributed by atoms with E-state index in [0.717, 1.165) is 19.6 Å². The molecule has 0 saturated heterocycles. The monoisotopic (exact) mass is 212 g/mol. The fourth-order valence-corrected chi connectivity index (χ4v) is 1.43. The fraction of sp³-hybridized carbons (Fsp3) is 0.556. The minimum absolute atomic E-state index is 0.548. The SMILES string of the molecule is CCN(CCn1cccn1)CC(N)=S. The molecule has 5 heteroatoms. The highest BCUT2D eigenvalue weighted by molar-refractivity contribution is 7.80. The standard InChI is InChI=1S/C9H16N4S/c1-2-12(8-9(10)14)6-7-13-5-3-4-11-13/h3-5H,2,6-8H2,1H3,(H2,10,14). The molecule has 14 heavy (non-hydrogen) atoms. The largest absolute Gasteiger partial charge is 0.392 e. The molecule has 2 N–H and O–H groups in total. The Balaban J connectivity index is 2.30. The molecular formula is C9H16N4S. The average molecular weight is 212 g/mol. The molecule has 0 aliphatic heterocycles. The normalized spacial score (nSPS) is 10.7. The van der Waals surface area contributed by atoms with E-state index in [1.165, 1.54) is 0 Å². The number of nitrogens with zero attached hydrogens (tertiary/aromatic N) is 3. The van der Waals surface area contributed by atoms with Crippen LogP contribution >= 0.6 is 12.2 Å². The van der Waals surface area contributed by atoms with Crippen molar-refractivity contribution in [1.82, 2.24) is 14.7 Å². The van der Waals surface area contributed by atoms with Gasteiger partial charge in [0.15, 0.2) is 0 Å². The van der Waals surface area contributed by atoms with Gasteiger partial charge in [-0.25, -0.2) is 0 Å². The Morgan fingerprint density at radius 2 is 2.43 bits per heavy atom. The Morgan fingerprint density at radius 3 is 2.93 bits per heavy atom. The zero-order valence-corrected chi connectivity index (χ0v) is 9.20. The van der Waals surface area contributed by atoms with Gasteiger partial charge in [0.05, 0.1) is 11.5 Å². The van der Waals surface area contributed by atoms with E-state index in [-0.39, 0.29) is 0 Å². The Labute approximate surface area is 89.7 Å². The molecule has 78 valence electrons. The molecule has 0 unspecified atom stereocenters. The first-order valence-corrected chi connectivity index (χ1v) is 5.11. The Kier molecular flexibility index (Phi) is 4.55. The van der Waals surface area contributed by atoms with Crippen molar-refractivity contribution >= 4 is 17.2 Å². The lowest BCUT2D eigenvalue weighted by Gasteiger charge is -2.19. The number of rotatable bonds is 6. The van der Waals surface area contributed by atoms with Crippen LogP contribution in [0.5, 0.6) is 0 Å². The Hall–Kier alpha value is -0.940. The van der Waals surface area contributed by atoms with Gasteiger partial charge in [0, 0.05) is 25.5 Å². The van der Waals surface area contributed by atoms with Gasteiger partial charge >= 0.3 is 0 Å². The topological polar surface area (TPSA) is 47.1 Å². The van der Waals surface area contributed by atoms with Crippen molar-refractivity contribution < 1.29 is 0 Å². The summed E-state index contributed by atoms with van der Waals surface area (Å²) in [5, 5.41) is 4.13. The summed E-state index contributed by atoms with van der Waals surface area (Å²) in [5.74, 6) is 0. The Bertz CT molecular complexity index is 270. The third kappa shape index (κ3) is 3.85. The second-order valence-corrected chi connectivity index (χ2v) is 3.63. The average Bonchev–Trinajstić information content (AvgIpc) is 2.64. The minimum Gasteiger partial charge on any atom is -0.392 e. The van der Waals surface area contributed by atoms with Crippen molar-refractivity contribution in [3.63, 3.8) is 0 Å². The summed E-state index contributed by atoms with van der Waals surface area (Å²) in [5.41, 5.74) is 5.49. The van der Waals surface area contributed by atoms with Crippen molar-refractivity contribution in [3.8, 4) is 0 Å². The van der Waals surface area contributed by atoms with Gasteiger partial charge in [-0.05, 0) is 12.6 Å². The molecule has 1 heterocycles. The summed E-state index contributed by atoms with van der Waals surface area (Å²) < 4.78 is 1.90. The van der Waals surface area contributed by atoms with Gasteiger partial charge in [-0.3, -0.25) is 9.58 Å². The van der Waals surface area contributed by atoms with E-state index in [9.17, 15) is 0 Å². The predicted octanol–water partition coefficient (Wildman–Crippen LogP) is 0.491. The van der Waals surface area contributed by atoms with E-state index in [2.05, 4.69) is 16.9 Å². The number of hydrogen-bond acceptors (Lipinski definition) is 3. The summed E-state index contributed by atoms with van der Waals surface area (Å²) in [4.78, 5) is 2.75. The highest BCUT2D eigenvalue weighted by Gasteiger charge is 2.03. The van der Waals surface area contributed by atoms with Gasteiger partial charge in [0.1, 0.15) is 0 Å². The summed E-state index contributed by atoms with van der Waals surface area (Å²) in [6.45, 7) is 5.55. The molecule has 0 aromatic carbocycles.